The zero-order valence-electron chi connectivity index (χ0n) is 11.7. The summed E-state index contributed by atoms with van der Waals surface area (Å²) in [7, 11) is 0. The normalized spacial score (nSPS) is 17.9. The molecule has 1 fully saturated rings. The van der Waals surface area contributed by atoms with Gasteiger partial charge in [-0.25, -0.2) is 4.98 Å². The van der Waals surface area contributed by atoms with Crippen LogP contribution in [-0.2, 0) is 16.0 Å². The number of amides is 2. The molecule has 0 bridgehead atoms. The summed E-state index contributed by atoms with van der Waals surface area (Å²) in [6.07, 6.45) is 3.25. The summed E-state index contributed by atoms with van der Waals surface area (Å²) >= 11 is 1.40. The molecule has 0 radical (unpaired) electrons. The number of anilines is 1. The van der Waals surface area contributed by atoms with Crippen LogP contribution in [0.2, 0.25) is 0 Å². The summed E-state index contributed by atoms with van der Waals surface area (Å²) in [5, 5.41) is 18.8. The Labute approximate surface area is 130 Å². The van der Waals surface area contributed by atoms with E-state index in [0.717, 1.165) is 6.42 Å². The Morgan fingerprint density at radius 3 is 3.18 bits per heavy atom. The predicted octanol–water partition coefficient (Wildman–Crippen LogP) is -0.242. The van der Waals surface area contributed by atoms with Gasteiger partial charge in [0.25, 0.3) is 0 Å². The average Bonchev–Trinajstić information content (AvgIpc) is 3.24. The first kappa shape index (κ1) is 14.6. The number of carbonyl (C=O) groups excluding carboxylic acids is 2. The number of H-pyrrole nitrogens is 1. The van der Waals surface area contributed by atoms with Crippen LogP contribution in [0.4, 0.5) is 5.13 Å². The van der Waals surface area contributed by atoms with Crippen LogP contribution in [0, 0.1) is 5.92 Å². The summed E-state index contributed by atoms with van der Waals surface area (Å²) in [5.74, 6) is 0.157. The highest BCUT2D eigenvalue weighted by Gasteiger charge is 2.35. The van der Waals surface area contributed by atoms with Crippen molar-refractivity contribution in [2.75, 3.05) is 18.0 Å². The van der Waals surface area contributed by atoms with E-state index in [4.69, 9.17) is 0 Å². The summed E-state index contributed by atoms with van der Waals surface area (Å²) in [6, 6.07) is 0. The Morgan fingerprint density at radius 1 is 1.55 bits per heavy atom. The minimum absolute atomic E-state index is 0.0538. The fourth-order valence-electron chi connectivity index (χ4n) is 2.31. The summed E-state index contributed by atoms with van der Waals surface area (Å²) < 4.78 is 0. The zero-order valence-corrected chi connectivity index (χ0v) is 12.5. The molecule has 2 aromatic heterocycles. The molecular formula is C12H15N7O2S. The Kier molecular flexibility index (Phi) is 4.37. The number of aryl methyl sites for hydroxylation is 1. The highest BCUT2D eigenvalue weighted by atomic mass is 32.1. The lowest BCUT2D eigenvalue weighted by Crippen LogP contribution is -2.33. The molecule has 0 aromatic carbocycles. The molecule has 1 atom stereocenters. The summed E-state index contributed by atoms with van der Waals surface area (Å²) in [6.45, 7) is 0.915. The van der Waals surface area contributed by atoms with E-state index >= 15 is 0 Å². The van der Waals surface area contributed by atoms with Gasteiger partial charge in [0.2, 0.25) is 11.8 Å². The standard InChI is InChI=1S/C12H15N7O2S/c20-10-6-8(7-19(10)12-14-4-5-22-12)11(21)13-3-1-2-9-15-17-18-16-9/h4-5,8H,1-3,6-7H2,(H,13,21)(H,15,16,17,18). The maximum atomic E-state index is 12.1. The third-order valence-electron chi connectivity index (χ3n) is 3.41. The first-order valence-electron chi connectivity index (χ1n) is 6.94. The molecule has 9 nitrogen and oxygen atoms in total. The van der Waals surface area contributed by atoms with Crippen molar-refractivity contribution in [3.63, 3.8) is 0 Å². The third-order valence-corrected chi connectivity index (χ3v) is 4.21. The lowest BCUT2D eigenvalue weighted by molar-refractivity contribution is -0.126. The van der Waals surface area contributed by atoms with E-state index in [1.165, 1.54) is 11.3 Å². The number of hydrogen-bond acceptors (Lipinski definition) is 7. The van der Waals surface area contributed by atoms with E-state index in [0.29, 0.717) is 30.5 Å². The fourth-order valence-corrected chi connectivity index (χ4v) is 2.98. The summed E-state index contributed by atoms with van der Waals surface area (Å²) in [5.41, 5.74) is 0. The lowest BCUT2D eigenvalue weighted by atomic mass is 10.1. The average molecular weight is 321 g/mol. The molecule has 2 amide bonds. The van der Waals surface area contributed by atoms with Crippen molar-refractivity contribution in [1.82, 2.24) is 30.9 Å². The van der Waals surface area contributed by atoms with Gasteiger partial charge in [-0.05, 0) is 6.42 Å². The summed E-state index contributed by atoms with van der Waals surface area (Å²) in [4.78, 5) is 29.8. The number of aromatic amines is 1. The number of rotatable bonds is 6. The van der Waals surface area contributed by atoms with E-state index in [2.05, 4.69) is 30.9 Å². The van der Waals surface area contributed by atoms with Crippen molar-refractivity contribution in [3.05, 3.63) is 17.4 Å². The second-order valence-electron chi connectivity index (χ2n) is 4.94. The van der Waals surface area contributed by atoms with Gasteiger partial charge < -0.3 is 5.32 Å². The highest BCUT2D eigenvalue weighted by molar-refractivity contribution is 7.13. The first-order chi connectivity index (χ1) is 10.7. The van der Waals surface area contributed by atoms with Crippen molar-refractivity contribution in [2.24, 2.45) is 5.92 Å². The lowest BCUT2D eigenvalue weighted by Gasteiger charge is -2.13. The maximum Gasteiger partial charge on any atom is 0.229 e. The monoisotopic (exact) mass is 321 g/mol. The van der Waals surface area contributed by atoms with Crippen LogP contribution in [0.5, 0.6) is 0 Å². The van der Waals surface area contributed by atoms with E-state index in [1.54, 1.807) is 11.1 Å². The van der Waals surface area contributed by atoms with E-state index in [9.17, 15) is 9.59 Å². The fraction of sp³-hybridized carbons (Fsp3) is 0.500. The minimum atomic E-state index is -0.318. The molecule has 0 spiro atoms. The second-order valence-corrected chi connectivity index (χ2v) is 5.82. The van der Waals surface area contributed by atoms with Gasteiger partial charge in [0.05, 0.1) is 5.92 Å². The molecule has 1 aliphatic rings. The van der Waals surface area contributed by atoms with Gasteiger partial charge in [0.1, 0.15) is 0 Å². The molecule has 2 N–H and O–H groups in total. The van der Waals surface area contributed by atoms with Crippen LogP contribution in [0.1, 0.15) is 18.7 Å². The topological polar surface area (TPSA) is 117 Å². The number of nitrogens with one attached hydrogen (secondary N) is 2. The van der Waals surface area contributed by atoms with Crippen LogP contribution < -0.4 is 10.2 Å². The molecule has 116 valence electrons. The molecule has 22 heavy (non-hydrogen) atoms. The van der Waals surface area contributed by atoms with E-state index < -0.39 is 0 Å². The molecular weight excluding hydrogens is 306 g/mol. The van der Waals surface area contributed by atoms with Gasteiger partial charge in [-0.3, -0.25) is 14.5 Å². The van der Waals surface area contributed by atoms with Gasteiger partial charge in [0, 0.05) is 37.5 Å². The molecule has 1 saturated heterocycles. The van der Waals surface area contributed by atoms with Crippen molar-refractivity contribution in [1.29, 1.82) is 0 Å². The van der Waals surface area contributed by atoms with Crippen molar-refractivity contribution in [3.8, 4) is 0 Å². The Hall–Kier alpha value is -2.36. The Balaban J connectivity index is 1.44. The molecule has 1 unspecified atom stereocenters. The smallest absolute Gasteiger partial charge is 0.229 e. The molecule has 3 heterocycles. The molecule has 1 aliphatic heterocycles. The number of nitrogens with zero attached hydrogens (tertiary/aromatic N) is 5. The van der Waals surface area contributed by atoms with Crippen molar-refractivity contribution >= 4 is 28.3 Å². The predicted molar refractivity (Wildman–Crippen MR) is 78.1 cm³/mol. The number of hydrogen-bond donors (Lipinski definition) is 2. The maximum absolute atomic E-state index is 12.1. The van der Waals surface area contributed by atoms with Crippen LogP contribution in [0.25, 0.3) is 0 Å². The minimum Gasteiger partial charge on any atom is -0.356 e. The van der Waals surface area contributed by atoms with Crippen molar-refractivity contribution in [2.45, 2.75) is 19.3 Å². The van der Waals surface area contributed by atoms with Gasteiger partial charge in [-0.2, -0.15) is 5.21 Å². The first-order valence-corrected chi connectivity index (χ1v) is 7.82. The molecule has 2 aromatic rings. The van der Waals surface area contributed by atoms with Crippen LogP contribution in [-0.4, -0.2) is 50.5 Å². The quantitative estimate of drug-likeness (QED) is 0.709. The van der Waals surface area contributed by atoms with Gasteiger partial charge in [-0.15, -0.1) is 21.5 Å². The highest BCUT2D eigenvalue weighted by Crippen LogP contribution is 2.26. The second kappa shape index (κ2) is 6.60. The largest absolute Gasteiger partial charge is 0.356 e. The van der Waals surface area contributed by atoms with Crippen LogP contribution in [0.3, 0.4) is 0 Å². The number of tetrazole rings is 1. The van der Waals surface area contributed by atoms with E-state index in [1.807, 2.05) is 5.38 Å². The van der Waals surface area contributed by atoms with Gasteiger partial charge >= 0.3 is 0 Å². The van der Waals surface area contributed by atoms with Crippen LogP contribution in [0.15, 0.2) is 11.6 Å². The SMILES string of the molecule is O=C(NCCCc1nn[nH]n1)C1CC(=O)N(c2nccs2)C1. The van der Waals surface area contributed by atoms with Gasteiger partial charge in [-0.1, -0.05) is 5.21 Å². The van der Waals surface area contributed by atoms with Gasteiger partial charge in [0.15, 0.2) is 11.0 Å². The van der Waals surface area contributed by atoms with Crippen molar-refractivity contribution < 1.29 is 9.59 Å². The molecule has 0 saturated carbocycles. The molecule has 3 rings (SSSR count). The third kappa shape index (κ3) is 3.27. The molecule has 0 aliphatic carbocycles. The Bertz CT molecular complexity index is 628. The number of carbonyl (C=O) groups is 2. The number of aromatic nitrogens is 5. The van der Waals surface area contributed by atoms with E-state index in [-0.39, 0.29) is 24.2 Å². The van der Waals surface area contributed by atoms with Crippen LogP contribution >= 0.6 is 11.3 Å². The number of thiazole rings is 1. The zero-order chi connectivity index (χ0) is 15.4. The molecule has 10 heteroatoms. The Morgan fingerprint density at radius 2 is 2.45 bits per heavy atom.